The number of sulfone groups is 1. The number of nitrogens with one attached hydrogen (secondary N) is 1. The third-order valence-electron chi connectivity index (χ3n) is 3.97. The Morgan fingerprint density at radius 2 is 2.18 bits per heavy atom. The van der Waals surface area contributed by atoms with E-state index in [1.54, 1.807) is 0 Å². The second kappa shape index (κ2) is 6.50. The van der Waals surface area contributed by atoms with E-state index in [0.717, 1.165) is 24.4 Å². The molecule has 1 saturated heterocycles. The maximum Gasteiger partial charge on any atom is 0.239 e. The van der Waals surface area contributed by atoms with E-state index in [1.165, 1.54) is 4.90 Å². The molecular weight excluding hydrogens is 320 g/mol. The third kappa shape index (κ3) is 3.76. The number of nitrogens with zero attached hydrogens (tertiary/aromatic N) is 1. The molecule has 1 fully saturated rings. The Balaban J connectivity index is 1.64. The lowest BCUT2D eigenvalue weighted by molar-refractivity contribution is -0.120. The highest BCUT2D eigenvalue weighted by Crippen LogP contribution is 2.33. The van der Waals surface area contributed by atoms with Gasteiger partial charge in [-0.25, -0.2) is 8.42 Å². The second-order valence-electron chi connectivity index (χ2n) is 5.76. The lowest BCUT2D eigenvalue weighted by Gasteiger charge is -2.24. The van der Waals surface area contributed by atoms with Crippen molar-refractivity contribution in [2.24, 2.45) is 0 Å². The van der Waals surface area contributed by atoms with Crippen LogP contribution in [0.15, 0.2) is 29.2 Å². The lowest BCUT2D eigenvalue weighted by Crippen LogP contribution is -2.43. The second-order valence-corrected chi connectivity index (χ2v) is 9.12. The van der Waals surface area contributed by atoms with Crippen LogP contribution in [0.3, 0.4) is 0 Å². The summed E-state index contributed by atoms with van der Waals surface area (Å²) < 4.78 is 22.9. The highest BCUT2D eigenvalue weighted by atomic mass is 32.2. The molecule has 1 aromatic carbocycles. The van der Waals surface area contributed by atoms with Crippen molar-refractivity contribution in [3.05, 3.63) is 24.3 Å². The van der Waals surface area contributed by atoms with E-state index in [0.29, 0.717) is 6.42 Å². The molecule has 0 aromatic heterocycles. The fraction of sp³-hybridized carbons (Fsp3) is 0.533. The van der Waals surface area contributed by atoms with Gasteiger partial charge < -0.3 is 10.2 Å². The van der Waals surface area contributed by atoms with Crippen molar-refractivity contribution in [2.75, 3.05) is 35.2 Å². The van der Waals surface area contributed by atoms with Gasteiger partial charge in [-0.2, -0.15) is 0 Å². The van der Waals surface area contributed by atoms with Gasteiger partial charge in [0.1, 0.15) is 0 Å². The van der Waals surface area contributed by atoms with Gasteiger partial charge in [0.15, 0.2) is 9.84 Å². The molecule has 1 aromatic rings. The van der Waals surface area contributed by atoms with Gasteiger partial charge in [0.25, 0.3) is 0 Å². The van der Waals surface area contributed by atoms with E-state index in [-0.39, 0.29) is 30.0 Å². The topological polar surface area (TPSA) is 66.5 Å². The monoisotopic (exact) mass is 340 g/mol. The number of anilines is 1. The van der Waals surface area contributed by atoms with Gasteiger partial charge >= 0.3 is 0 Å². The molecule has 22 heavy (non-hydrogen) atoms. The number of hydrogen-bond acceptors (Lipinski definition) is 5. The number of para-hydroxylation sites is 1. The van der Waals surface area contributed by atoms with Crippen molar-refractivity contribution in [3.63, 3.8) is 0 Å². The zero-order valence-electron chi connectivity index (χ0n) is 12.3. The molecule has 0 spiro atoms. The van der Waals surface area contributed by atoms with E-state index in [1.807, 2.05) is 30.0 Å². The molecule has 0 bridgehead atoms. The van der Waals surface area contributed by atoms with Crippen LogP contribution in [0.5, 0.6) is 0 Å². The summed E-state index contributed by atoms with van der Waals surface area (Å²) in [6.07, 6.45) is 1.56. The van der Waals surface area contributed by atoms with Crippen LogP contribution in [-0.4, -0.2) is 50.7 Å². The van der Waals surface area contributed by atoms with Crippen molar-refractivity contribution < 1.29 is 13.2 Å². The van der Waals surface area contributed by atoms with Crippen LogP contribution in [0.25, 0.3) is 0 Å². The van der Waals surface area contributed by atoms with Gasteiger partial charge in [0.2, 0.25) is 5.91 Å². The largest absolute Gasteiger partial charge is 0.361 e. The summed E-state index contributed by atoms with van der Waals surface area (Å²) in [7, 11) is -2.96. The van der Waals surface area contributed by atoms with E-state index in [9.17, 15) is 13.2 Å². The van der Waals surface area contributed by atoms with Crippen molar-refractivity contribution in [2.45, 2.75) is 23.8 Å². The number of hydrogen-bond donors (Lipinski definition) is 1. The van der Waals surface area contributed by atoms with E-state index < -0.39 is 9.84 Å². The lowest BCUT2D eigenvalue weighted by atomic mass is 10.2. The van der Waals surface area contributed by atoms with Gasteiger partial charge in [0, 0.05) is 17.5 Å². The zero-order chi connectivity index (χ0) is 15.6. The fourth-order valence-electron chi connectivity index (χ4n) is 2.92. The fourth-order valence-corrected chi connectivity index (χ4v) is 5.60. The average Bonchev–Trinajstić information content (AvgIpc) is 2.69. The maximum absolute atomic E-state index is 12.2. The Morgan fingerprint density at radius 3 is 2.95 bits per heavy atom. The first-order valence-electron chi connectivity index (χ1n) is 7.50. The first-order chi connectivity index (χ1) is 10.5. The Bertz CT molecular complexity index is 661. The van der Waals surface area contributed by atoms with Gasteiger partial charge in [0.05, 0.1) is 23.7 Å². The van der Waals surface area contributed by atoms with Crippen LogP contribution < -0.4 is 10.2 Å². The van der Waals surface area contributed by atoms with E-state index in [2.05, 4.69) is 16.3 Å². The number of rotatable bonds is 3. The standard InChI is InChI=1S/C15H20N2O3S2/c18-15(16-12-6-9-22(19,20)11-12)10-17-7-3-8-21-14-5-2-1-4-13(14)17/h1-2,4-5,12H,3,6-11H2,(H,16,18). The summed E-state index contributed by atoms with van der Waals surface area (Å²) in [5.41, 5.74) is 1.10. The summed E-state index contributed by atoms with van der Waals surface area (Å²) in [6.45, 7) is 1.13. The van der Waals surface area contributed by atoms with Crippen LogP contribution in [0, 0.1) is 0 Å². The van der Waals surface area contributed by atoms with Crippen molar-refractivity contribution in [1.82, 2.24) is 5.32 Å². The minimum atomic E-state index is -2.96. The van der Waals surface area contributed by atoms with Crippen molar-refractivity contribution in [1.29, 1.82) is 0 Å². The normalized spacial score (nSPS) is 23.6. The first kappa shape index (κ1) is 15.7. The SMILES string of the molecule is O=C(CN1CCCSc2ccccc21)NC1CCS(=O)(=O)C1. The molecule has 120 valence electrons. The predicted molar refractivity (Wildman–Crippen MR) is 89.2 cm³/mol. The molecule has 0 aliphatic carbocycles. The highest BCUT2D eigenvalue weighted by Gasteiger charge is 2.29. The molecule has 7 heteroatoms. The first-order valence-corrected chi connectivity index (χ1v) is 10.3. The average molecular weight is 340 g/mol. The molecule has 1 unspecified atom stereocenters. The van der Waals surface area contributed by atoms with E-state index >= 15 is 0 Å². The molecule has 2 aliphatic heterocycles. The van der Waals surface area contributed by atoms with Crippen LogP contribution in [0.2, 0.25) is 0 Å². The van der Waals surface area contributed by atoms with Crippen LogP contribution in [-0.2, 0) is 14.6 Å². The van der Waals surface area contributed by atoms with Gasteiger partial charge in [-0.3, -0.25) is 4.79 Å². The van der Waals surface area contributed by atoms with Crippen LogP contribution in [0.1, 0.15) is 12.8 Å². The van der Waals surface area contributed by atoms with Gasteiger partial charge in [-0.15, -0.1) is 11.8 Å². The Kier molecular flexibility index (Phi) is 4.63. The van der Waals surface area contributed by atoms with Crippen LogP contribution in [0.4, 0.5) is 5.69 Å². The Morgan fingerprint density at radius 1 is 1.36 bits per heavy atom. The Labute approximate surface area is 135 Å². The minimum absolute atomic E-state index is 0.0746. The number of amides is 1. The molecule has 1 amide bonds. The molecule has 5 nitrogen and oxygen atoms in total. The van der Waals surface area contributed by atoms with Gasteiger partial charge in [-0.05, 0) is 30.7 Å². The smallest absolute Gasteiger partial charge is 0.239 e. The zero-order valence-corrected chi connectivity index (χ0v) is 14.0. The Hall–Kier alpha value is -1.21. The number of benzene rings is 1. The predicted octanol–water partition coefficient (Wildman–Crippen LogP) is 1.29. The minimum Gasteiger partial charge on any atom is -0.361 e. The molecule has 1 N–H and O–H groups in total. The number of carbonyl (C=O) groups excluding carboxylic acids is 1. The molecule has 2 heterocycles. The molecular formula is C15H20N2O3S2. The number of thioether (sulfide) groups is 1. The maximum atomic E-state index is 12.2. The molecule has 1 atom stereocenters. The number of fused-ring (bicyclic) bond motifs is 1. The number of carbonyl (C=O) groups is 1. The quantitative estimate of drug-likeness (QED) is 0.898. The molecule has 2 aliphatic rings. The van der Waals surface area contributed by atoms with E-state index in [4.69, 9.17) is 0 Å². The van der Waals surface area contributed by atoms with Crippen molar-refractivity contribution >= 4 is 33.2 Å². The summed E-state index contributed by atoms with van der Waals surface area (Å²) in [6, 6.07) is 7.90. The van der Waals surface area contributed by atoms with Crippen LogP contribution >= 0.6 is 11.8 Å². The highest BCUT2D eigenvalue weighted by molar-refractivity contribution is 7.99. The summed E-state index contributed by atoms with van der Waals surface area (Å²) >= 11 is 1.82. The molecule has 0 saturated carbocycles. The van der Waals surface area contributed by atoms with Gasteiger partial charge in [-0.1, -0.05) is 12.1 Å². The molecule has 0 radical (unpaired) electrons. The molecule has 3 rings (SSSR count). The van der Waals surface area contributed by atoms with Crippen molar-refractivity contribution in [3.8, 4) is 0 Å². The summed E-state index contributed by atoms with van der Waals surface area (Å²) in [5.74, 6) is 1.21. The summed E-state index contributed by atoms with van der Waals surface area (Å²) in [4.78, 5) is 15.5. The third-order valence-corrected chi connectivity index (χ3v) is 6.88. The summed E-state index contributed by atoms with van der Waals surface area (Å²) in [5, 5.41) is 2.87.